The Hall–Kier alpha value is -1.21. The zero-order chi connectivity index (χ0) is 23.1. The second-order valence-corrected chi connectivity index (χ2v) is 10.0. The predicted octanol–water partition coefficient (Wildman–Crippen LogP) is 2.39. The Morgan fingerprint density at radius 3 is 2.24 bits per heavy atom. The van der Waals surface area contributed by atoms with Crippen molar-refractivity contribution in [2.75, 3.05) is 28.2 Å². The molecule has 29 heavy (non-hydrogen) atoms. The van der Waals surface area contributed by atoms with Crippen LogP contribution in [0.2, 0.25) is 0 Å². The summed E-state index contributed by atoms with van der Waals surface area (Å²) in [5, 5.41) is 13.7. The first-order valence-electron chi connectivity index (χ1n) is 10.3. The molecule has 0 saturated heterocycles. The van der Waals surface area contributed by atoms with Gasteiger partial charge in [0.05, 0.1) is 6.07 Å². The Morgan fingerprint density at radius 2 is 1.83 bits per heavy atom. The minimum absolute atomic E-state index is 0.139. The van der Waals surface area contributed by atoms with Crippen LogP contribution in [0.4, 0.5) is 0 Å². The second kappa shape index (κ2) is 15.6. The van der Waals surface area contributed by atoms with E-state index in [1.807, 2.05) is 34.0 Å². The van der Waals surface area contributed by atoms with E-state index in [4.69, 9.17) is 5.26 Å². The van der Waals surface area contributed by atoms with Crippen molar-refractivity contribution in [1.29, 1.82) is 5.26 Å². The van der Waals surface area contributed by atoms with Gasteiger partial charge in [-0.05, 0) is 52.6 Å². The third-order valence-electron chi connectivity index (χ3n) is 4.58. The van der Waals surface area contributed by atoms with Gasteiger partial charge in [-0.3, -0.25) is 4.79 Å². The Bertz CT molecular complexity index is 589. The topological polar surface area (TPSA) is 114 Å². The first-order valence-corrected chi connectivity index (χ1v) is 11.8. The van der Waals surface area contributed by atoms with Gasteiger partial charge in [-0.1, -0.05) is 33.1 Å². The fourth-order valence-electron chi connectivity index (χ4n) is 2.88. The van der Waals surface area contributed by atoms with Gasteiger partial charge in [0, 0.05) is 26.6 Å². The van der Waals surface area contributed by atoms with Gasteiger partial charge in [-0.15, -0.1) is 0 Å². The smallest absolute Gasteiger partial charge is 0.279 e. The second-order valence-electron chi connectivity index (χ2n) is 8.16. The van der Waals surface area contributed by atoms with Crippen LogP contribution in [0.3, 0.4) is 0 Å². The van der Waals surface area contributed by atoms with E-state index in [2.05, 4.69) is 22.3 Å². The maximum atomic E-state index is 11.8. The summed E-state index contributed by atoms with van der Waals surface area (Å²) >= 11 is 0. The summed E-state index contributed by atoms with van der Waals surface area (Å²) in [6, 6.07) is 1.70. The lowest BCUT2D eigenvalue weighted by Crippen LogP contribution is -2.49. The summed E-state index contributed by atoms with van der Waals surface area (Å²) in [7, 11) is 3.56. The minimum Gasteiger partial charge on any atom is -0.341 e. The van der Waals surface area contributed by atoms with Gasteiger partial charge in [-0.25, -0.2) is 0 Å². The largest absolute Gasteiger partial charge is 0.341 e. The molecule has 9 heteroatoms. The molecule has 8 nitrogen and oxygen atoms in total. The number of hydrogen-bond acceptors (Lipinski definition) is 5. The Labute approximate surface area is 179 Å². The molecule has 0 aromatic heterocycles. The number of nitrogens with one attached hydrogen (secondary N) is 3. The maximum absolute atomic E-state index is 11.8. The molecule has 1 fully saturated rings. The molecule has 0 aromatic rings. The lowest BCUT2D eigenvalue weighted by atomic mass is 9.93. The van der Waals surface area contributed by atoms with Gasteiger partial charge < -0.3 is 10.6 Å². The highest BCUT2D eigenvalue weighted by Crippen LogP contribution is 2.30. The molecule has 1 aliphatic carbocycles. The first-order chi connectivity index (χ1) is 13.4. The van der Waals surface area contributed by atoms with Gasteiger partial charge >= 0.3 is 0 Å². The van der Waals surface area contributed by atoms with Crippen LogP contribution in [0.15, 0.2) is 0 Å². The zero-order valence-electron chi connectivity index (χ0n) is 19.6. The molecule has 0 radical (unpaired) electrons. The quantitative estimate of drug-likeness (QED) is 0.557. The van der Waals surface area contributed by atoms with Crippen LogP contribution >= 0.6 is 0 Å². The van der Waals surface area contributed by atoms with E-state index in [9.17, 15) is 13.2 Å². The number of rotatable bonds is 6. The fourth-order valence-corrected chi connectivity index (χ4v) is 3.89. The highest BCUT2D eigenvalue weighted by Gasteiger charge is 2.32. The lowest BCUT2D eigenvalue weighted by Gasteiger charge is -2.30. The SMILES string of the molecule is CC1CCCC(C)(NS(=O)(=O)N(C)C)CC1.CCCC(C#N)NC(C)=O.CNC. The fraction of sp³-hybridized carbons (Fsp3) is 0.900. The highest BCUT2D eigenvalue weighted by molar-refractivity contribution is 7.87. The molecule has 1 saturated carbocycles. The van der Waals surface area contributed by atoms with E-state index in [0.29, 0.717) is 5.92 Å². The molecule has 172 valence electrons. The number of amides is 1. The Kier molecular flexibility index (Phi) is 16.1. The van der Waals surface area contributed by atoms with Crippen molar-refractivity contribution in [2.45, 2.75) is 84.2 Å². The van der Waals surface area contributed by atoms with Crippen molar-refractivity contribution in [3.8, 4) is 6.07 Å². The normalized spacial score (nSPS) is 22.7. The monoisotopic (exact) mass is 433 g/mol. The van der Waals surface area contributed by atoms with Crippen molar-refractivity contribution < 1.29 is 13.2 Å². The van der Waals surface area contributed by atoms with Crippen molar-refractivity contribution in [3.63, 3.8) is 0 Å². The molecule has 3 unspecified atom stereocenters. The maximum Gasteiger partial charge on any atom is 0.279 e. The molecule has 0 heterocycles. The summed E-state index contributed by atoms with van der Waals surface area (Å²) in [6.07, 6.45) is 6.93. The van der Waals surface area contributed by atoms with Crippen LogP contribution in [0.5, 0.6) is 0 Å². The van der Waals surface area contributed by atoms with E-state index in [0.717, 1.165) is 38.5 Å². The summed E-state index contributed by atoms with van der Waals surface area (Å²) in [5.74, 6) is 0.575. The molecular formula is C20H43N5O3S. The van der Waals surface area contributed by atoms with Crippen molar-refractivity contribution in [1.82, 2.24) is 19.7 Å². The minimum atomic E-state index is -3.31. The van der Waals surface area contributed by atoms with Crippen LogP contribution < -0.4 is 15.4 Å². The molecule has 0 aliphatic heterocycles. The third kappa shape index (κ3) is 15.3. The molecule has 1 aliphatic rings. The van der Waals surface area contributed by atoms with Crippen molar-refractivity contribution in [2.24, 2.45) is 5.92 Å². The number of hydrogen-bond donors (Lipinski definition) is 3. The standard InChI is InChI=1S/C11H24N2O2S.C7H12N2O.C2H7N/c1-10-6-5-8-11(2,9-7-10)12-16(14,15)13(3)4;1-3-4-7(5-8)9-6(2)10;1-3-2/h10,12H,5-9H2,1-4H3;7H,3-4H2,1-2H3,(H,9,10);3H,1-2H3. The average molecular weight is 434 g/mol. The van der Waals surface area contributed by atoms with Crippen LogP contribution in [0, 0.1) is 17.2 Å². The lowest BCUT2D eigenvalue weighted by molar-refractivity contribution is -0.119. The number of carbonyl (C=O) groups excluding carboxylic acids is 1. The van der Waals surface area contributed by atoms with Crippen LogP contribution in [-0.4, -0.2) is 58.4 Å². The average Bonchev–Trinajstić information content (AvgIpc) is 2.76. The van der Waals surface area contributed by atoms with Crippen molar-refractivity contribution in [3.05, 3.63) is 0 Å². The van der Waals surface area contributed by atoms with Crippen LogP contribution in [0.1, 0.15) is 72.6 Å². The summed E-state index contributed by atoms with van der Waals surface area (Å²) in [6.45, 7) is 7.66. The van der Waals surface area contributed by atoms with Gasteiger partial charge in [-0.2, -0.15) is 22.7 Å². The van der Waals surface area contributed by atoms with Crippen LogP contribution in [-0.2, 0) is 15.0 Å². The predicted molar refractivity (Wildman–Crippen MR) is 120 cm³/mol. The van der Waals surface area contributed by atoms with Crippen molar-refractivity contribution >= 4 is 16.1 Å². The van der Waals surface area contributed by atoms with Gasteiger partial charge in [0.25, 0.3) is 10.2 Å². The van der Waals surface area contributed by atoms with E-state index in [1.165, 1.54) is 17.6 Å². The molecule has 0 spiro atoms. The molecule has 1 rings (SSSR count). The molecule has 3 N–H and O–H groups in total. The summed E-state index contributed by atoms with van der Waals surface area (Å²) in [5.41, 5.74) is -0.270. The Morgan fingerprint density at radius 1 is 1.28 bits per heavy atom. The molecule has 0 aromatic carbocycles. The first kappa shape index (κ1) is 30.0. The van der Waals surface area contributed by atoms with Crippen LogP contribution in [0.25, 0.3) is 0 Å². The number of nitrogens with zero attached hydrogens (tertiary/aromatic N) is 2. The van der Waals surface area contributed by atoms with E-state index in [1.54, 1.807) is 14.1 Å². The summed E-state index contributed by atoms with van der Waals surface area (Å²) in [4.78, 5) is 10.4. The van der Waals surface area contributed by atoms with E-state index in [-0.39, 0.29) is 17.5 Å². The van der Waals surface area contributed by atoms with Gasteiger partial charge in [0.2, 0.25) is 5.91 Å². The van der Waals surface area contributed by atoms with E-state index >= 15 is 0 Å². The number of nitriles is 1. The zero-order valence-corrected chi connectivity index (χ0v) is 20.4. The number of carbonyl (C=O) groups is 1. The molecule has 0 bridgehead atoms. The Balaban J connectivity index is 0. The van der Waals surface area contributed by atoms with Gasteiger partial charge in [0.15, 0.2) is 0 Å². The van der Waals surface area contributed by atoms with E-state index < -0.39 is 10.2 Å². The highest BCUT2D eigenvalue weighted by atomic mass is 32.2. The molecule has 1 amide bonds. The van der Waals surface area contributed by atoms with Gasteiger partial charge in [0.1, 0.15) is 6.04 Å². The third-order valence-corrected chi connectivity index (χ3v) is 6.29. The molecular weight excluding hydrogens is 390 g/mol. The summed E-state index contributed by atoms with van der Waals surface area (Å²) < 4.78 is 27.7. The molecule has 3 atom stereocenters.